The number of ether oxygens (including phenoxy) is 1. The van der Waals surface area contributed by atoms with Crippen molar-refractivity contribution in [2.24, 2.45) is 5.92 Å². The molecule has 3 heterocycles. The highest BCUT2D eigenvalue weighted by atomic mass is 19.4. The second kappa shape index (κ2) is 9.59. The molecule has 1 N–H and O–H groups in total. The number of carbonyl (C=O) groups excluding carboxylic acids is 2. The normalized spacial score (nSPS) is 20.2. The van der Waals surface area contributed by atoms with Crippen LogP contribution in [0.4, 0.5) is 13.2 Å². The predicted molar refractivity (Wildman–Crippen MR) is 137 cm³/mol. The minimum atomic E-state index is -4.93. The third kappa shape index (κ3) is 5.13. The summed E-state index contributed by atoms with van der Waals surface area (Å²) in [7, 11) is 0. The second-order valence-electron chi connectivity index (χ2n) is 11.5. The Hall–Kier alpha value is -3.07. The highest BCUT2D eigenvalue weighted by molar-refractivity contribution is 5.99. The van der Waals surface area contributed by atoms with Crippen molar-refractivity contribution in [1.29, 1.82) is 0 Å². The van der Waals surface area contributed by atoms with Gasteiger partial charge in [0.15, 0.2) is 0 Å². The van der Waals surface area contributed by atoms with Crippen LogP contribution in [-0.4, -0.2) is 52.6 Å². The van der Waals surface area contributed by atoms with Gasteiger partial charge < -0.3 is 14.2 Å². The number of nitrogens with zero attached hydrogens (tertiary/aromatic N) is 2. The van der Waals surface area contributed by atoms with Crippen molar-refractivity contribution in [3.05, 3.63) is 65.5 Å². The summed E-state index contributed by atoms with van der Waals surface area (Å²) in [5, 5.41) is 3.64. The molecule has 0 unspecified atom stereocenters. The zero-order valence-corrected chi connectivity index (χ0v) is 21.9. The van der Waals surface area contributed by atoms with Crippen molar-refractivity contribution in [1.82, 2.24) is 14.8 Å². The highest BCUT2D eigenvalue weighted by Gasteiger charge is 2.49. The van der Waals surface area contributed by atoms with Crippen molar-refractivity contribution in [2.75, 3.05) is 19.7 Å². The van der Waals surface area contributed by atoms with Gasteiger partial charge in [0.25, 0.3) is 11.7 Å². The molecule has 0 atom stereocenters. The lowest BCUT2D eigenvalue weighted by atomic mass is 9.79. The molecule has 1 spiro atoms. The summed E-state index contributed by atoms with van der Waals surface area (Å²) in [6, 6.07) is 8.43. The van der Waals surface area contributed by atoms with Gasteiger partial charge in [0.05, 0.1) is 17.8 Å². The molecule has 3 aliphatic rings. The summed E-state index contributed by atoms with van der Waals surface area (Å²) in [4.78, 5) is 27.4. The zero-order valence-electron chi connectivity index (χ0n) is 21.9. The van der Waals surface area contributed by atoms with Crippen molar-refractivity contribution in [3.63, 3.8) is 0 Å². The molecule has 2 aromatic rings. The first-order valence-electron chi connectivity index (χ1n) is 13.2. The van der Waals surface area contributed by atoms with Crippen LogP contribution in [0, 0.1) is 5.92 Å². The van der Waals surface area contributed by atoms with E-state index in [9.17, 15) is 22.8 Å². The number of fused-ring (bicyclic) bond motifs is 2. The number of rotatable bonds is 7. The van der Waals surface area contributed by atoms with Crippen molar-refractivity contribution < 1.29 is 27.5 Å². The quantitative estimate of drug-likeness (QED) is 0.393. The summed E-state index contributed by atoms with van der Waals surface area (Å²) < 4.78 is 47.3. The summed E-state index contributed by atoms with van der Waals surface area (Å²) in [5.41, 5.74) is 0.678. The van der Waals surface area contributed by atoms with Crippen LogP contribution in [-0.2, 0) is 18.5 Å². The van der Waals surface area contributed by atoms with Gasteiger partial charge >= 0.3 is 6.18 Å². The van der Waals surface area contributed by atoms with E-state index in [2.05, 4.69) is 11.9 Å². The molecule has 38 heavy (non-hydrogen) atoms. The number of allylic oxidation sites excluding steroid dienone is 1. The fourth-order valence-electron chi connectivity index (χ4n) is 5.86. The Labute approximate surface area is 220 Å². The van der Waals surface area contributed by atoms with Gasteiger partial charge in [-0.15, -0.1) is 6.58 Å². The number of nitrogens with one attached hydrogen (secondary N) is 1. The van der Waals surface area contributed by atoms with Crippen LogP contribution in [0.3, 0.4) is 0 Å². The molecule has 1 saturated carbocycles. The average Bonchev–Trinajstić information content (AvgIpc) is 3.59. The molecule has 1 aromatic carbocycles. The number of ketones is 1. The molecule has 2 aliphatic heterocycles. The number of amides is 1. The van der Waals surface area contributed by atoms with E-state index in [0.717, 1.165) is 11.3 Å². The molecule has 1 amide bonds. The number of alkyl halides is 3. The topological polar surface area (TPSA) is 63.6 Å². The number of piperidine rings is 1. The van der Waals surface area contributed by atoms with Gasteiger partial charge in [-0.1, -0.05) is 6.08 Å². The lowest BCUT2D eigenvalue weighted by Crippen LogP contribution is -2.63. The highest BCUT2D eigenvalue weighted by Crippen LogP contribution is 2.41. The summed E-state index contributed by atoms with van der Waals surface area (Å²) in [6.45, 7) is 9.48. The van der Waals surface area contributed by atoms with Crippen LogP contribution in [0.1, 0.15) is 71.6 Å². The maximum absolute atomic E-state index is 13.5. The van der Waals surface area contributed by atoms with E-state index in [0.29, 0.717) is 56.1 Å². The zero-order chi connectivity index (χ0) is 27.3. The summed E-state index contributed by atoms with van der Waals surface area (Å²) in [6.07, 6.45) is 0.889. The first kappa shape index (κ1) is 26.5. The minimum Gasteiger partial charge on any atom is -0.493 e. The largest absolute Gasteiger partial charge is 0.493 e. The summed E-state index contributed by atoms with van der Waals surface area (Å²) in [5.74, 6) is -0.512. The van der Waals surface area contributed by atoms with Gasteiger partial charge in [-0.3, -0.25) is 14.9 Å². The Bertz CT molecular complexity index is 1250. The Morgan fingerprint density at radius 2 is 1.87 bits per heavy atom. The SMILES string of the molecule is C=CCc1cc(C(=O)N2CCC3(CC2)NC(C)(C)Cn2c(C(=O)C(F)(F)F)ccc23)ccc1OCC1CC1. The number of benzene rings is 1. The molecule has 0 radical (unpaired) electrons. The van der Waals surface area contributed by atoms with Gasteiger partial charge in [-0.25, -0.2) is 0 Å². The first-order valence-corrected chi connectivity index (χ1v) is 13.2. The number of aromatic nitrogens is 1. The third-order valence-electron chi connectivity index (χ3n) is 7.84. The molecule has 9 heteroatoms. The van der Waals surface area contributed by atoms with Crippen LogP contribution >= 0.6 is 0 Å². The number of hydrogen-bond acceptors (Lipinski definition) is 4. The third-order valence-corrected chi connectivity index (χ3v) is 7.84. The van der Waals surface area contributed by atoms with Gasteiger partial charge in [0.1, 0.15) is 5.75 Å². The maximum Gasteiger partial charge on any atom is 0.456 e. The van der Waals surface area contributed by atoms with Gasteiger partial charge in [-0.05, 0) is 87.8 Å². The molecular weight excluding hydrogens is 495 g/mol. The molecule has 6 nitrogen and oxygen atoms in total. The molecule has 1 saturated heterocycles. The van der Waals surface area contributed by atoms with Crippen LogP contribution in [0.2, 0.25) is 0 Å². The minimum absolute atomic E-state index is 0.0858. The van der Waals surface area contributed by atoms with E-state index >= 15 is 0 Å². The Morgan fingerprint density at radius 1 is 1.16 bits per heavy atom. The van der Waals surface area contributed by atoms with E-state index in [1.54, 1.807) is 23.1 Å². The number of halogens is 3. The molecular formula is C29H34F3N3O3. The first-order chi connectivity index (χ1) is 17.9. The van der Waals surface area contributed by atoms with Crippen LogP contribution < -0.4 is 10.1 Å². The van der Waals surface area contributed by atoms with E-state index < -0.39 is 23.0 Å². The van der Waals surface area contributed by atoms with E-state index in [1.165, 1.54) is 23.5 Å². The van der Waals surface area contributed by atoms with E-state index in [1.807, 2.05) is 26.0 Å². The van der Waals surface area contributed by atoms with Gasteiger partial charge in [0.2, 0.25) is 0 Å². The molecule has 5 rings (SSSR count). The van der Waals surface area contributed by atoms with Crippen molar-refractivity contribution >= 4 is 11.7 Å². The summed E-state index contributed by atoms with van der Waals surface area (Å²) >= 11 is 0. The van der Waals surface area contributed by atoms with Gasteiger partial charge in [-0.2, -0.15) is 13.2 Å². The van der Waals surface area contributed by atoms with Crippen LogP contribution in [0.25, 0.3) is 0 Å². The van der Waals surface area contributed by atoms with Crippen LogP contribution in [0.15, 0.2) is 43.0 Å². The lowest BCUT2D eigenvalue weighted by molar-refractivity contribution is -0.0892. The Kier molecular flexibility index (Phi) is 6.70. The maximum atomic E-state index is 13.5. The molecule has 1 aromatic heterocycles. The van der Waals surface area contributed by atoms with Crippen molar-refractivity contribution in [2.45, 2.75) is 69.8 Å². The van der Waals surface area contributed by atoms with Gasteiger partial charge in [0, 0.05) is 36.4 Å². The molecule has 0 bridgehead atoms. The van der Waals surface area contributed by atoms with E-state index in [4.69, 9.17) is 4.74 Å². The number of carbonyl (C=O) groups is 2. The predicted octanol–water partition coefficient (Wildman–Crippen LogP) is 5.26. The number of likely N-dealkylation sites (tertiary alicyclic amines) is 1. The molecule has 1 aliphatic carbocycles. The van der Waals surface area contributed by atoms with E-state index in [-0.39, 0.29) is 18.1 Å². The lowest BCUT2D eigenvalue weighted by Gasteiger charge is -2.51. The van der Waals surface area contributed by atoms with Crippen LogP contribution in [0.5, 0.6) is 5.75 Å². The number of Topliss-reactive ketones (excluding diaryl/α,β-unsaturated/α-hetero) is 1. The molecule has 204 valence electrons. The Balaban J connectivity index is 1.34. The smallest absolute Gasteiger partial charge is 0.456 e. The average molecular weight is 530 g/mol. The Morgan fingerprint density at radius 3 is 2.50 bits per heavy atom. The standard InChI is InChI=1S/C29H34F3N3O3/c1-4-5-20-16-21(8-10-23(20)38-17-19-6-7-19)26(37)34-14-12-28(13-15-34)24-11-9-22(25(36)29(30,31)32)35(24)18-27(2,3)33-28/h4,8-11,16,19,33H,1,5-7,12-15,17-18H2,2-3H3. The fourth-order valence-corrected chi connectivity index (χ4v) is 5.86. The van der Waals surface area contributed by atoms with Crippen molar-refractivity contribution in [3.8, 4) is 5.75 Å². The molecule has 2 fully saturated rings. The fraction of sp³-hybridized carbons (Fsp3) is 0.517. The monoisotopic (exact) mass is 529 g/mol. The number of hydrogen-bond donors (Lipinski definition) is 1. The second-order valence-corrected chi connectivity index (χ2v) is 11.5.